The molecule has 0 atom stereocenters. The van der Waals surface area contributed by atoms with Crippen LogP contribution in [0.1, 0.15) is 76.3 Å². The molecule has 0 aliphatic carbocycles. The third-order valence-corrected chi connectivity index (χ3v) is 5.40. The van der Waals surface area contributed by atoms with Crippen molar-refractivity contribution in [3.05, 3.63) is 23.1 Å². The highest BCUT2D eigenvalue weighted by Crippen LogP contribution is 2.37. The summed E-state index contributed by atoms with van der Waals surface area (Å²) < 4.78 is 19.4. The van der Waals surface area contributed by atoms with Crippen molar-refractivity contribution in [2.75, 3.05) is 6.61 Å². The van der Waals surface area contributed by atoms with Crippen molar-refractivity contribution in [3.8, 4) is 0 Å². The summed E-state index contributed by atoms with van der Waals surface area (Å²) in [5.74, 6) is -0.297. The van der Waals surface area contributed by atoms with Crippen molar-refractivity contribution in [2.45, 2.75) is 72.5 Å². The predicted octanol–water partition coefficient (Wildman–Crippen LogP) is 2.64. The molecule has 0 unspecified atom stereocenters. The topological polar surface area (TPSA) is 75.0 Å². The zero-order chi connectivity index (χ0) is 20.1. The summed E-state index contributed by atoms with van der Waals surface area (Å²) in [5, 5.41) is 4.66. The van der Waals surface area contributed by atoms with Crippen LogP contribution in [0.25, 0.3) is 5.65 Å². The van der Waals surface area contributed by atoms with Crippen LogP contribution in [-0.2, 0) is 14.0 Å². The molecule has 1 aliphatic rings. The number of aromatic nitrogens is 3. The first-order valence-electron chi connectivity index (χ1n) is 9.41. The Kier molecular flexibility index (Phi) is 4.85. The van der Waals surface area contributed by atoms with Gasteiger partial charge in [0.25, 0.3) is 0 Å². The van der Waals surface area contributed by atoms with Crippen LogP contribution in [0.2, 0.25) is 0 Å². The average Bonchev–Trinajstić information content (AvgIpc) is 2.98. The molecule has 3 rings (SSSR count). The standard InChI is InChI=1S/C19H28BN3O4/c1-9-25-17(24)13-10-14(11(2)3)23-16(21-13)15(12(4)22-23)20-26-18(5,6)19(7,8)27-20/h10-11H,9H2,1-8H3. The molecule has 1 fully saturated rings. The van der Waals surface area contributed by atoms with Crippen LogP contribution in [0.15, 0.2) is 6.07 Å². The minimum absolute atomic E-state index is 0.147. The fourth-order valence-corrected chi connectivity index (χ4v) is 3.12. The van der Waals surface area contributed by atoms with Crippen molar-refractivity contribution in [1.29, 1.82) is 0 Å². The number of carbonyl (C=O) groups excluding carboxylic acids is 1. The van der Waals surface area contributed by atoms with Gasteiger partial charge in [0.1, 0.15) is 0 Å². The molecule has 0 spiro atoms. The molecule has 146 valence electrons. The van der Waals surface area contributed by atoms with E-state index in [1.807, 2.05) is 34.6 Å². The van der Waals surface area contributed by atoms with Gasteiger partial charge in [-0.25, -0.2) is 14.3 Å². The zero-order valence-corrected chi connectivity index (χ0v) is 17.4. The van der Waals surface area contributed by atoms with Crippen LogP contribution in [-0.4, -0.2) is 45.5 Å². The summed E-state index contributed by atoms with van der Waals surface area (Å²) in [7, 11) is -0.600. The van der Waals surface area contributed by atoms with Crippen molar-refractivity contribution < 1.29 is 18.8 Å². The second-order valence-electron chi connectivity index (χ2n) is 8.26. The highest BCUT2D eigenvalue weighted by Gasteiger charge is 2.53. The van der Waals surface area contributed by atoms with Gasteiger partial charge in [-0.15, -0.1) is 0 Å². The normalized spacial score (nSPS) is 18.5. The first-order valence-corrected chi connectivity index (χ1v) is 9.41. The van der Waals surface area contributed by atoms with Gasteiger partial charge in [0.2, 0.25) is 0 Å². The highest BCUT2D eigenvalue weighted by atomic mass is 16.7. The van der Waals surface area contributed by atoms with E-state index in [0.29, 0.717) is 12.3 Å². The molecular formula is C19H28BN3O4. The van der Waals surface area contributed by atoms with Gasteiger partial charge >= 0.3 is 13.1 Å². The minimum Gasteiger partial charge on any atom is -0.461 e. The number of esters is 1. The van der Waals surface area contributed by atoms with Gasteiger partial charge in [0.05, 0.1) is 29.0 Å². The number of rotatable bonds is 4. The van der Waals surface area contributed by atoms with Gasteiger partial charge in [-0.2, -0.15) is 5.10 Å². The Morgan fingerprint density at radius 1 is 1.26 bits per heavy atom. The lowest BCUT2D eigenvalue weighted by atomic mass is 9.79. The minimum atomic E-state index is -0.600. The molecule has 1 aliphatic heterocycles. The maximum absolute atomic E-state index is 12.3. The molecule has 0 amide bonds. The summed E-state index contributed by atoms with van der Waals surface area (Å²) in [6.07, 6.45) is 0. The number of carbonyl (C=O) groups is 1. The second-order valence-corrected chi connectivity index (χ2v) is 8.26. The van der Waals surface area contributed by atoms with E-state index in [-0.39, 0.29) is 11.6 Å². The first-order chi connectivity index (χ1) is 12.5. The number of aryl methyl sites for hydroxylation is 1. The van der Waals surface area contributed by atoms with E-state index in [0.717, 1.165) is 16.9 Å². The number of ether oxygens (including phenoxy) is 1. The summed E-state index contributed by atoms with van der Waals surface area (Å²) >= 11 is 0. The molecule has 2 aromatic rings. The Morgan fingerprint density at radius 3 is 2.37 bits per heavy atom. The molecule has 2 aromatic heterocycles. The quantitative estimate of drug-likeness (QED) is 0.606. The molecule has 8 heteroatoms. The van der Waals surface area contributed by atoms with Crippen LogP contribution in [0, 0.1) is 6.92 Å². The molecule has 27 heavy (non-hydrogen) atoms. The number of hydrogen-bond acceptors (Lipinski definition) is 6. The monoisotopic (exact) mass is 373 g/mol. The summed E-state index contributed by atoms with van der Waals surface area (Å²) in [4.78, 5) is 16.9. The van der Waals surface area contributed by atoms with E-state index in [9.17, 15) is 4.79 Å². The molecular weight excluding hydrogens is 345 g/mol. The van der Waals surface area contributed by atoms with Crippen LogP contribution < -0.4 is 5.46 Å². The Balaban J connectivity index is 2.20. The average molecular weight is 373 g/mol. The lowest BCUT2D eigenvalue weighted by Gasteiger charge is -2.32. The smallest absolute Gasteiger partial charge is 0.461 e. The van der Waals surface area contributed by atoms with Gasteiger partial charge in [0.15, 0.2) is 11.3 Å². The molecule has 0 N–H and O–H groups in total. The van der Waals surface area contributed by atoms with Crippen LogP contribution >= 0.6 is 0 Å². The molecule has 0 saturated carbocycles. The molecule has 3 heterocycles. The lowest BCUT2D eigenvalue weighted by Crippen LogP contribution is -2.41. The largest absolute Gasteiger partial charge is 0.500 e. The van der Waals surface area contributed by atoms with E-state index < -0.39 is 24.3 Å². The van der Waals surface area contributed by atoms with E-state index in [2.05, 4.69) is 23.9 Å². The van der Waals surface area contributed by atoms with E-state index >= 15 is 0 Å². The van der Waals surface area contributed by atoms with Gasteiger partial charge in [-0.3, -0.25) is 0 Å². The van der Waals surface area contributed by atoms with Crippen molar-refractivity contribution in [2.24, 2.45) is 0 Å². The maximum atomic E-state index is 12.3. The van der Waals surface area contributed by atoms with Crippen LogP contribution in [0.3, 0.4) is 0 Å². The Bertz CT molecular complexity index is 873. The maximum Gasteiger partial charge on any atom is 0.500 e. The summed E-state index contributed by atoms with van der Waals surface area (Å²) in [6.45, 7) is 16.1. The fraction of sp³-hybridized carbons (Fsp3) is 0.632. The second kappa shape index (κ2) is 6.60. The zero-order valence-electron chi connectivity index (χ0n) is 17.4. The van der Waals surface area contributed by atoms with Gasteiger partial charge in [0, 0.05) is 5.69 Å². The molecule has 0 radical (unpaired) electrons. The van der Waals surface area contributed by atoms with Crippen molar-refractivity contribution in [1.82, 2.24) is 14.6 Å². The first kappa shape index (κ1) is 19.8. The SMILES string of the molecule is CCOC(=O)c1cc(C(C)C)n2nc(C)c(B3OC(C)(C)C(C)(C)O3)c2n1. The number of nitrogens with zero attached hydrogens (tertiary/aromatic N) is 3. The van der Waals surface area contributed by atoms with Gasteiger partial charge in [-0.05, 0) is 53.5 Å². The lowest BCUT2D eigenvalue weighted by molar-refractivity contribution is 0.00578. The van der Waals surface area contributed by atoms with Crippen LogP contribution in [0.5, 0.6) is 0 Å². The van der Waals surface area contributed by atoms with E-state index in [4.69, 9.17) is 14.0 Å². The van der Waals surface area contributed by atoms with E-state index in [1.165, 1.54) is 0 Å². The number of fused-ring (bicyclic) bond motifs is 1. The predicted molar refractivity (Wildman–Crippen MR) is 103 cm³/mol. The highest BCUT2D eigenvalue weighted by molar-refractivity contribution is 6.64. The fourth-order valence-electron chi connectivity index (χ4n) is 3.12. The van der Waals surface area contributed by atoms with E-state index in [1.54, 1.807) is 17.5 Å². The Hall–Kier alpha value is -1.93. The summed E-state index contributed by atoms with van der Waals surface area (Å²) in [6, 6.07) is 1.75. The molecule has 1 saturated heterocycles. The van der Waals surface area contributed by atoms with Gasteiger partial charge < -0.3 is 14.0 Å². The summed E-state index contributed by atoms with van der Waals surface area (Å²) in [5.41, 5.74) is 2.29. The van der Waals surface area contributed by atoms with Crippen LogP contribution in [0.4, 0.5) is 0 Å². The van der Waals surface area contributed by atoms with Crippen molar-refractivity contribution >= 4 is 24.2 Å². The molecule has 0 aromatic carbocycles. The number of hydrogen-bond donors (Lipinski definition) is 0. The molecule has 7 nitrogen and oxygen atoms in total. The van der Waals surface area contributed by atoms with Gasteiger partial charge in [-0.1, -0.05) is 13.8 Å². The third kappa shape index (κ3) is 3.25. The Morgan fingerprint density at radius 2 is 1.85 bits per heavy atom. The van der Waals surface area contributed by atoms with Crippen molar-refractivity contribution in [3.63, 3.8) is 0 Å². The Labute approximate surface area is 160 Å². The third-order valence-electron chi connectivity index (χ3n) is 5.40. The molecule has 0 bridgehead atoms.